The Bertz CT molecular complexity index is 546. The second-order valence-electron chi connectivity index (χ2n) is 5.76. The zero-order valence-corrected chi connectivity index (χ0v) is 14.9. The molecule has 0 radical (unpaired) electrons. The van der Waals surface area contributed by atoms with Crippen LogP contribution < -0.4 is 10.6 Å². The molecule has 1 aromatic rings. The highest BCUT2D eigenvalue weighted by atomic mass is 16.6. The molecule has 134 valence electrons. The molecule has 0 bridgehead atoms. The summed E-state index contributed by atoms with van der Waals surface area (Å²) in [6, 6.07) is 6.69. The average Bonchev–Trinajstić information content (AvgIpc) is 2.56. The lowest BCUT2D eigenvalue weighted by atomic mass is 10.0. The van der Waals surface area contributed by atoms with Crippen molar-refractivity contribution < 1.29 is 9.66 Å². The number of nitrogens with zero attached hydrogens (tertiary/aromatic N) is 2. The van der Waals surface area contributed by atoms with Gasteiger partial charge in [0.25, 0.3) is 5.69 Å². The Labute approximate surface area is 143 Å². The van der Waals surface area contributed by atoms with Crippen LogP contribution in [0.15, 0.2) is 29.3 Å². The van der Waals surface area contributed by atoms with E-state index in [9.17, 15) is 10.1 Å². The molecule has 7 heteroatoms. The number of aliphatic imine (C=N–C) groups is 1. The lowest BCUT2D eigenvalue weighted by Crippen LogP contribution is -2.39. The molecule has 0 heterocycles. The molecule has 1 rings (SSSR count). The minimum atomic E-state index is -0.372. The highest BCUT2D eigenvalue weighted by Crippen LogP contribution is 2.17. The second-order valence-corrected chi connectivity index (χ2v) is 5.76. The maximum absolute atomic E-state index is 11.0. The van der Waals surface area contributed by atoms with Gasteiger partial charge in [0.15, 0.2) is 5.96 Å². The van der Waals surface area contributed by atoms with Gasteiger partial charge in [-0.1, -0.05) is 32.0 Å². The van der Waals surface area contributed by atoms with E-state index in [-0.39, 0.29) is 16.7 Å². The van der Waals surface area contributed by atoms with Crippen LogP contribution in [0.3, 0.4) is 0 Å². The van der Waals surface area contributed by atoms with Crippen molar-refractivity contribution in [3.05, 3.63) is 39.9 Å². The van der Waals surface area contributed by atoms with Crippen molar-refractivity contribution in [2.45, 2.75) is 39.8 Å². The van der Waals surface area contributed by atoms with Crippen LogP contribution in [0.25, 0.3) is 0 Å². The third-order valence-electron chi connectivity index (χ3n) is 3.70. The summed E-state index contributed by atoms with van der Waals surface area (Å²) in [5.41, 5.74) is 0.733. The van der Waals surface area contributed by atoms with Crippen molar-refractivity contribution in [3.8, 4) is 0 Å². The van der Waals surface area contributed by atoms with E-state index in [1.165, 1.54) is 6.07 Å². The predicted octanol–water partition coefficient (Wildman–Crippen LogP) is 2.71. The quantitative estimate of drug-likeness (QED) is 0.313. The predicted molar refractivity (Wildman–Crippen MR) is 96.2 cm³/mol. The Balaban J connectivity index is 2.50. The third kappa shape index (κ3) is 6.54. The van der Waals surface area contributed by atoms with Crippen molar-refractivity contribution in [2.24, 2.45) is 10.9 Å². The Morgan fingerprint density at radius 2 is 2.04 bits per heavy atom. The Morgan fingerprint density at radius 3 is 2.62 bits per heavy atom. The van der Waals surface area contributed by atoms with Crippen LogP contribution in [0.4, 0.5) is 5.69 Å². The average molecular weight is 336 g/mol. The van der Waals surface area contributed by atoms with E-state index in [1.807, 2.05) is 6.92 Å². The molecule has 1 atom stereocenters. The van der Waals surface area contributed by atoms with Gasteiger partial charge in [-0.25, -0.2) is 0 Å². The summed E-state index contributed by atoms with van der Waals surface area (Å²) < 4.78 is 5.71. The Hall–Kier alpha value is -2.15. The molecule has 0 aromatic heterocycles. The summed E-state index contributed by atoms with van der Waals surface area (Å²) in [7, 11) is 1.68. The molecule has 1 unspecified atom stereocenters. The fourth-order valence-electron chi connectivity index (χ4n) is 2.39. The molecule has 24 heavy (non-hydrogen) atoms. The van der Waals surface area contributed by atoms with Crippen LogP contribution in [-0.4, -0.2) is 37.2 Å². The van der Waals surface area contributed by atoms with Crippen LogP contribution in [0, 0.1) is 16.0 Å². The van der Waals surface area contributed by atoms with Crippen molar-refractivity contribution in [1.29, 1.82) is 0 Å². The maximum Gasteiger partial charge on any atom is 0.274 e. The molecular formula is C17H28N4O3. The largest absolute Gasteiger partial charge is 0.378 e. The topological polar surface area (TPSA) is 88.8 Å². The second kappa shape index (κ2) is 10.6. The molecule has 0 fully saturated rings. The summed E-state index contributed by atoms with van der Waals surface area (Å²) in [6.45, 7) is 8.04. The number of guanidine groups is 1. The first-order valence-electron chi connectivity index (χ1n) is 8.28. The number of nitrogens with one attached hydrogen (secondary N) is 2. The van der Waals surface area contributed by atoms with E-state index in [0.29, 0.717) is 30.6 Å². The van der Waals surface area contributed by atoms with E-state index >= 15 is 0 Å². The van der Waals surface area contributed by atoms with Gasteiger partial charge >= 0.3 is 0 Å². The van der Waals surface area contributed by atoms with Gasteiger partial charge < -0.3 is 15.4 Å². The first-order chi connectivity index (χ1) is 11.5. The molecule has 0 aliphatic carbocycles. The third-order valence-corrected chi connectivity index (χ3v) is 3.70. The molecule has 7 nitrogen and oxygen atoms in total. The molecule has 0 aliphatic heterocycles. The number of hydrogen-bond acceptors (Lipinski definition) is 4. The molecular weight excluding hydrogens is 308 g/mol. The zero-order chi connectivity index (χ0) is 17.9. The van der Waals surface area contributed by atoms with E-state index < -0.39 is 0 Å². The zero-order valence-electron chi connectivity index (χ0n) is 14.9. The number of nitro groups is 1. The normalized spacial score (nSPS) is 13.0. The summed E-state index contributed by atoms with van der Waals surface area (Å²) in [5.74, 6) is 1.07. The summed E-state index contributed by atoms with van der Waals surface area (Å²) in [6.07, 6.45) is 1.08. The number of rotatable bonds is 9. The van der Waals surface area contributed by atoms with Gasteiger partial charge in [-0.2, -0.15) is 0 Å². The smallest absolute Gasteiger partial charge is 0.274 e. The van der Waals surface area contributed by atoms with Crippen molar-refractivity contribution >= 4 is 11.6 Å². The van der Waals surface area contributed by atoms with E-state index in [4.69, 9.17) is 4.74 Å². The van der Waals surface area contributed by atoms with Crippen molar-refractivity contribution in [1.82, 2.24) is 10.6 Å². The summed E-state index contributed by atoms with van der Waals surface area (Å²) in [4.78, 5) is 14.8. The molecule has 1 aromatic carbocycles. The summed E-state index contributed by atoms with van der Waals surface area (Å²) in [5, 5.41) is 17.4. The van der Waals surface area contributed by atoms with Crippen molar-refractivity contribution in [3.63, 3.8) is 0 Å². The fourth-order valence-corrected chi connectivity index (χ4v) is 2.39. The molecule has 0 amide bonds. The lowest BCUT2D eigenvalue weighted by molar-refractivity contribution is -0.385. The van der Waals surface area contributed by atoms with Crippen LogP contribution in [-0.2, 0) is 11.3 Å². The highest BCUT2D eigenvalue weighted by Gasteiger charge is 2.14. The molecule has 0 aliphatic rings. The minimum absolute atomic E-state index is 0.108. The molecule has 0 spiro atoms. The van der Waals surface area contributed by atoms with Crippen LogP contribution in [0.5, 0.6) is 0 Å². The van der Waals surface area contributed by atoms with Crippen molar-refractivity contribution in [2.75, 3.05) is 20.2 Å². The van der Waals surface area contributed by atoms with E-state index in [1.54, 1.807) is 25.2 Å². The number of nitro benzene ring substituents is 1. The van der Waals surface area contributed by atoms with Crippen LogP contribution >= 0.6 is 0 Å². The number of ether oxygens (including phenoxy) is 1. The van der Waals surface area contributed by atoms with Crippen LogP contribution in [0.2, 0.25) is 0 Å². The van der Waals surface area contributed by atoms with Crippen LogP contribution in [0.1, 0.15) is 32.8 Å². The SMILES string of the molecule is CCOC(CCNC(=NC)NCc1ccccc1[N+](=O)[O-])C(C)C. The molecule has 0 saturated carbocycles. The van der Waals surface area contributed by atoms with Gasteiger partial charge in [0.1, 0.15) is 0 Å². The maximum atomic E-state index is 11.0. The Morgan fingerprint density at radius 1 is 1.33 bits per heavy atom. The number of hydrogen-bond donors (Lipinski definition) is 2. The van der Waals surface area contributed by atoms with Gasteiger partial charge in [0.05, 0.1) is 11.0 Å². The number of para-hydroxylation sites is 1. The van der Waals surface area contributed by atoms with Gasteiger partial charge in [-0.3, -0.25) is 15.1 Å². The van der Waals surface area contributed by atoms with Gasteiger partial charge in [-0.15, -0.1) is 0 Å². The van der Waals surface area contributed by atoms with E-state index in [0.717, 1.165) is 13.0 Å². The number of benzene rings is 1. The minimum Gasteiger partial charge on any atom is -0.378 e. The standard InChI is InChI=1S/C17H28N4O3/c1-5-24-16(13(2)3)10-11-19-17(18-4)20-12-14-8-6-7-9-15(14)21(22)23/h6-9,13,16H,5,10-12H2,1-4H3,(H2,18,19,20). The highest BCUT2D eigenvalue weighted by molar-refractivity contribution is 5.79. The van der Waals surface area contributed by atoms with Gasteiger partial charge in [0.2, 0.25) is 0 Å². The van der Waals surface area contributed by atoms with E-state index in [2.05, 4.69) is 29.5 Å². The fraction of sp³-hybridized carbons (Fsp3) is 0.588. The lowest BCUT2D eigenvalue weighted by Gasteiger charge is -2.21. The van der Waals surface area contributed by atoms with Gasteiger partial charge in [0, 0.05) is 38.4 Å². The Kier molecular flexibility index (Phi) is 8.78. The first kappa shape index (κ1) is 19.9. The molecule has 0 saturated heterocycles. The summed E-state index contributed by atoms with van der Waals surface area (Å²) >= 11 is 0. The monoisotopic (exact) mass is 336 g/mol. The first-order valence-corrected chi connectivity index (χ1v) is 8.28. The van der Waals surface area contributed by atoms with Gasteiger partial charge in [-0.05, 0) is 19.3 Å². The molecule has 2 N–H and O–H groups in total.